The highest BCUT2D eigenvalue weighted by Gasteiger charge is 2.19. The Morgan fingerprint density at radius 2 is 1.91 bits per heavy atom. The van der Waals surface area contributed by atoms with E-state index in [9.17, 15) is 4.39 Å². The molecule has 0 amide bonds. The van der Waals surface area contributed by atoms with Crippen LogP contribution in [0.4, 0.5) is 4.39 Å². The molecular formula is C19H26FN3. The number of nitrogens with zero attached hydrogens (tertiary/aromatic N) is 3. The van der Waals surface area contributed by atoms with Crippen LogP contribution < -0.4 is 0 Å². The molecule has 23 heavy (non-hydrogen) atoms. The Hall–Kier alpha value is -1.68. The van der Waals surface area contributed by atoms with Crippen molar-refractivity contribution in [1.82, 2.24) is 14.7 Å². The molecule has 124 valence electrons. The Labute approximate surface area is 138 Å². The van der Waals surface area contributed by atoms with E-state index >= 15 is 0 Å². The van der Waals surface area contributed by atoms with Crippen molar-refractivity contribution in [3.05, 3.63) is 47.8 Å². The molecule has 0 radical (unpaired) electrons. The van der Waals surface area contributed by atoms with Crippen LogP contribution in [0.2, 0.25) is 0 Å². The third-order valence-corrected chi connectivity index (χ3v) is 4.46. The molecule has 1 aliphatic rings. The van der Waals surface area contributed by atoms with Crippen molar-refractivity contribution in [3.63, 3.8) is 0 Å². The Bertz CT molecular complexity index is 649. The molecular weight excluding hydrogens is 289 g/mol. The van der Waals surface area contributed by atoms with Crippen LogP contribution in [-0.4, -0.2) is 33.9 Å². The number of benzene rings is 1. The van der Waals surface area contributed by atoms with Crippen molar-refractivity contribution in [3.8, 4) is 5.69 Å². The average molecular weight is 315 g/mol. The van der Waals surface area contributed by atoms with Crippen LogP contribution in [0, 0.1) is 0 Å². The summed E-state index contributed by atoms with van der Waals surface area (Å²) >= 11 is 0. The molecule has 0 bridgehead atoms. The predicted octanol–water partition coefficient (Wildman–Crippen LogP) is 4.10. The molecule has 0 aliphatic carbocycles. The van der Waals surface area contributed by atoms with Crippen molar-refractivity contribution >= 4 is 0 Å². The molecule has 0 unspecified atom stereocenters. The molecule has 1 fully saturated rings. The summed E-state index contributed by atoms with van der Waals surface area (Å²) in [6.45, 7) is 9.09. The number of piperidine rings is 1. The molecule has 1 aromatic carbocycles. The lowest BCUT2D eigenvalue weighted by molar-refractivity contribution is 0.145. The highest BCUT2D eigenvalue weighted by atomic mass is 19.1. The lowest BCUT2D eigenvalue weighted by atomic mass is 9.93. The minimum absolute atomic E-state index is 0.0551. The van der Waals surface area contributed by atoms with Gasteiger partial charge in [-0.2, -0.15) is 5.10 Å². The highest BCUT2D eigenvalue weighted by molar-refractivity contribution is 5.35. The maximum atomic E-state index is 13.2. The van der Waals surface area contributed by atoms with E-state index in [1.807, 2.05) is 10.9 Å². The number of alkyl halides is 1. The van der Waals surface area contributed by atoms with Crippen molar-refractivity contribution in [2.24, 2.45) is 0 Å². The van der Waals surface area contributed by atoms with Gasteiger partial charge >= 0.3 is 0 Å². The summed E-state index contributed by atoms with van der Waals surface area (Å²) in [6.07, 6.45) is 2.73. The van der Waals surface area contributed by atoms with Gasteiger partial charge in [-0.3, -0.25) is 4.90 Å². The van der Waals surface area contributed by atoms with Crippen LogP contribution in [0.1, 0.15) is 44.9 Å². The van der Waals surface area contributed by atoms with Crippen LogP contribution in [0.25, 0.3) is 5.69 Å². The summed E-state index contributed by atoms with van der Waals surface area (Å²) in [4.78, 5) is 2.33. The maximum absolute atomic E-state index is 13.2. The zero-order valence-corrected chi connectivity index (χ0v) is 14.3. The van der Waals surface area contributed by atoms with Crippen LogP contribution >= 0.6 is 0 Å². The summed E-state index contributed by atoms with van der Waals surface area (Å²) in [5.74, 6) is 0. The van der Waals surface area contributed by atoms with Crippen LogP contribution in [0.5, 0.6) is 0 Å². The first-order valence-electron chi connectivity index (χ1n) is 8.44. The van der Waals surface area contributed by atoms with E-state index in [1.54, 1.807) is 0 Å². The van der Waals surface area contributed by atoms with E-state index in [-0.39, 0.29) is 5.41 Å². The van der Waals surface area contributed by atoms with E-state index in [1.165, 1.54) is 5.56 Å². The van der Waals surface area contributed by atoms with E-state index in [4.69, 9.17) is 5.10 Å². The van der Waals surface area contributed by atoms with Gasteiger partial charge in [-0.25, -0.2) is 9.07 Å². The molecule has 0 saturated carbocycles. The number of rotatable bonds is 3. The fraction of sp³-hybridized carbons (Fsp3) is 0.526. The molecule has 2 heterocycles. The van der Waals surface area contributed by atoms with E-state index < -0.39 is 6.17 Å². The first-order chi connectivity index (χ1) is 10.9. The minimum atomic E-state index is -0.613. The topological polar surface area (TPSA) is 21.1 Å². The summed E-state index contributed by atoms with van der Waals surface area (Å²) in [5, 5.41) is 4.70. The molecule has 3 nitrogen and oxygen atoms in total. The second-order valence-electron chi connectivity index (χ2n) is 7.52. The quantitative estimate of drug-likeness (QED) is 0.850. The second-order valence-corrected chi connectivity index (χ2v) is 7.52. The van der Waals surface area contributed by atoms with Gasteiger partial charge in [0.2, 0.25) is 0 Å². The molecule has 0 spiro atoms. The van der Waals surface area contributed by atoms with Crippen molar-refractivity contribution in [2.45, 2.75) is 51.7 Å². The molecule has 1 aromatic heterocycles. The summed E-state index contributed by atoms with van der Waals surface area (Å²) < 4.78 is 15.2. The summed E-state index contributed by atoms with van der Waals surface area (Å²) in [6, 6.07) is 10.6. The Balaban J connectivity index is 1.73. The molecule has 0 N–H and O–H groups in total. The van der Waals surface area contributed by atoms with Gasteiger partial charge in [0.05, 0.1) is 11.4 Å². The number of hydrogen-bond donors (Lipinski definition) is 0. The Morgan fingerprint density at radius 3 is 2.57 bits per heavy atom. The zero-order valence-electron chi connectivity index (χ0n) is 14.3. The molecule has 0 atom stereocenters. The van der Waals surface area contributed by atoms with Gasteiger partial charge in [0.1, 0.15) is 6.17 Å². The normalized spacial score (nSPS) is 17.6. The van der Waals surface area contributed by atoms with Gasteiger partial charge in [-0.1, -0.05) is 32.9 Å². The Morgan fingerprint density at radius 1 is 1.17 bits per heavy atom. The smallest absolute Gasteiger partial charge is 0.103 e. The molecule has 1 saturated heterocycles. The van der Waals surface area contributed by atoms with Gasteiger partial charge in [-0.05, 0) is 36.6 Å². The maximum Gasteiger partial charge on any atom is 0.103 e. The monoisotopic (exact) mass is 315 g/mol. The first kappa shape index (κ1) is 16.2. The number of aromatic nitrogens is 2. The van der Waals surface area contributed by atoms with E-state index in [0.717, 1.165) is 31.0 Å². The fourth-order valence-corrected chi connectivity index (χ4v) is 2.98. The van der Waals surface area contributed by atoms with Crippen molar-refractivity contribution < 1.29 is 4.39 Å². The third kappa shape index (κ3) is 3.99. The molecule has 3 rings (SSSR count). The average Bonchev–Trinajstić information content (AvgIpc) is 3.00. The van der Waals surface area contributed by atoms with E-state index in [0.29, 0.717) is 12.8 Å². The third-order valence-electron chi connectivity index (χ3n) is 4.46. The van der Waals surface area contributed by atoms with Gasteiger partial charge in [-0.15, -0.1) is 0 Å². The Kier molecular flexibility index (Phi) is 4.53. The zero-order chi connectivity index (χ0) is 16.4. The van der Waals surface area contributed by atoms with Crippen LogP contribution in [0.15, 0.2) is 36.5 Å². The van der Waals surface area contributed by atoms with Gasteiger partial charge in [0.15, 0.2) is 0 Å². The van der Waals surface area contributed by atoms with Crippen LogP contribution in [0.3, 0.4) is 0 Å². The minimum Gasteiger partial charge on any atom is -0.299 e. The van der Waals surface area contributed by atoms with Gasteiger partial charge in [0, 0.05) is 31.2 Å². The van der Waals surface area contributed by atoms with Gasteiger partial charge in [0.25, 0.3) is 0 Å². The fourth-order valence-electron chi connectivity index (χ4n) is 2.98. The summed E-state index contributed by atoms with van der Waals surface area (Å²) in [7, 11) is 0. The first-order valence-corrected chi connectivity index (χ1v) is 8.44. The molecule has 1 aliphatic heterocycles. The van der Waals surface area contributed by atoms with Crippen LogP contribution in [-0.2, 0) is 12.0 Å². The molecule has 4 heteroatoms. The predicted molar refractivity (Wildman–Crippen MR) is 91.7 cm³/mol. The summed E-state index contributed by atoms with van der Waals surface area (Å²) in [5.41, 5.74) is 3.48. The lowest BCUT2D eigenvalue weighted by Crippen LogP contribution is -2.33. The largest absolute Gasteiger partial charge is 0.299 e. The SMILES string of the molecule is CC(C)(C)c1ccn(-c2cccc(CN3CCC(F)CC3)c2)n1. The van der Waals surface area contributed by atoms with Crippen molar-refractivity contribution in [2.75, 3.05) is 13.1 Å². The van der Waals surface area contributed by atoms with Crippen molar-refractivity contribution in [1.29, 1.82) is 0 Å². The number of hydrogen-bond acceptors (Lipinski definition) is 2. The number of likely N-dealkylation sites (tertiary alicyclic amines) is 1. The van der Waals surface area contributed by atoms with E-state index in [2.05, 4.69) is 56.0 Å². The van der Waals surface area contributed by atoms with Gasteiger partial charge < -0.3 is 0 Å². The molecule has 2 aromatic rings. The standard InChI is InChI=1S/C19H26FN3/c1-19(2,3)18-9-12-23(21-18)17-6-4-5-15(13-17)14-22-10-7-16(20)8-11-22/h4-6,9,12-13,16H,7-8,10-11,14H2,1-3H3. The lowest BCUT2D eigenvalue weighted by Gasteiger charge is -2.28. The highest BCUT2D eigenvalue weighted by Crippen LogP contribution is 2.22. The number of halogens is 1. The second kappa shape index (κ2) is 6.44.